The number of hydrogen-bond donors (Lipinski definition) is 0. The van der Waals surface area contributed by atoms with E-state index in [1.807, 2.05) is 0 Å². The van der Waals surface area contributed by atoms with Crippen molar-refractivity contribution in [2.75, 3.05) is 7.11 Å². The smallest absolute Gasteiger partial charge is 0.118 e. The normalized spacial score (nSPS) is 11.9. The Labute approximate surface area is 89.5 Å². The lowest BCUT2D eigenvalue weighted by atomic mass is 10.3. The third-order valence-corrected chi connectivity index (χ3v) is 17.6. The van der Waals surface area contributed by atoms with E-state index in [4.69, 9.17) is 4.74 Å². The molecule has 3 heteroatoms. The van der Waals surface area contributed by atoms with Crippen LogP contribution in [0.3, 0.4) is 0 Å². The molecular formula is C11H20OSi2. The van der Waals surface area contributed by atoms with Crippen molar-refractivity contribution < 1.29 is 4.74 Å². The van der Waals surface area contributed by atoms with Gasteiger partial charge >= 0.3 is 0 Å². The van der Waals surface area contributed by atoms with Crippen molar-refractivity contribution in [2.24, 2.45) is 0 Å². The Morgan fingerprint density at radius 2 is 1.57 bits per heavy atom. The number of rotatable bonds is 3. The molecule has 1 aromatic carbocycles. The molecule has 1 rings (SSSR count). The molecule has 0 unspecified atom stereocenters. The number of ether oxygens (including phenoxy) is 1. The molecule has 0 saturated carbocycles. The van der Waals surface area contributed by atoms with Gasteiger partial charge in [-0.15, -0.1) is 0 Å². The van der Waals surface area contributed by atoms with Crippen LogP contribution in [0.25, 0.3) is 0 Å². The highest BCUT2D eigenvalue weighted by Gasteiger charge is 2.27. The fourth-order valence-corrected chi connectivity index (χ4v) is 5.62. The van der Waals surface area contributed by atoms with Crippen LogP contribution in [-0.2, 0) is 0 Å². The zero-order valence-corrected chi connectivity index (χ0v) is 11.9. The van der Waals surface area contributed by atoms with Gasteiger partial charge in [0.1, 0.15) is 5.75 Å². The summed E-state index contributed by atoms with van der Waals surface area (Å²) in [6, 6.07) is 8.66. The minimum Gasteiger partial charge on any atom is -0.497 e. The maximum atomic E-state index is 5.17. The molecule has 0 aliphatic rings. The lowest BCUT2D eigenvalue weighted by molar-refractivity contribution is 0.415. The van der Waals surface area contributed by atoms with Crippen LogP contribution in [0.15, 0.2) is 24.3 Å². The van der Waals surface area contributed by atoms with Crippen molar-refractivity contribution in [3.05, 3.63) is 24.3 Å². The molecule has 78 valence electrons. The zero-order chi connectivity index (χ0) is 10.8. The predicted octanol–water partition coefficient (Wildman–Crippen LogP) is 2.18. The average molecular weight is 224 g/mol. The van der Waals surface area contributed by atoms with Gasteiger partial charge in [0.05, 0.1) is 14.7 Å². The van der Waals surface area contributed by atoms with Gasteiger partial charge in [0, 0.05) is 8.31 Å². The van der Waals surface area contributed by atoms with Crippen molar-refractivity contribution in [3.63, 3.8) is 0 Å². The summed E-state index contributed by atoms with van der Waals surface area (Å²) in [6.45, 7) is 9.87. The first-order valence-electron chi connectivity index (χ1n) is 5.13. The van der Waals surface area contributed by atoms with Gasteiger partial charge in [-0.05, 0) is 12.1 Å². The third-order valence-electron chi connectivity index (χ3n) is 3.28. The summed E-state index contributed by atoms with van der Waals surface area (Å²) < 4.78 is 5.17. The predicted molar refractivity (Wildman–Crippen MR) is 69.0 cm³/mol. The van der Waals surface area contributed by atoms with Crippen molar-refractivity contribution in [1.82, 2.24) is 0 Å². The van der Waals surface area contributed by atoms with Gasteiger partial charge in [-0.1, -0.05) is 43.5 Å². The summed E-state index contributed by atoms with van der Waals surface area (Å²) in [5.74, 6) is 0.962. The molecule has 0 heterocycles. The van der Waals surface area contributed by atoms with Gasteiger partial charge in [0.2, 0.25) is 0 Å². The molecule has 1 nitrogen and oxygen atoms in total. The quantitative estimate of drug-likeness (QED) is 0.715. The molecule has 0 radical (unpaired) electrons. The standard InChI is InChI=1S/C11H20OSi2/c1-12-10-6-8-11(9-7-10)14(4,5)13(2)3/h6-9,13H,1-5H3. The topological polar surface area (TPSA) is 9.23 Å². The van der Waals surface area contributed by atoms with Gasteiger partial charge in [0.25, 0.3) is 0 Å². The molecule has 0 aliphatic carbocycles. The Balaban J connectivity index is 2.97. The molecule has 14 heavy (non-hydrogen) atoms. The molecule has 0 bridgehead atoms. The number of methoxy groups -OCH3 is 1. The first kappa shape index (κ1) is 11.5. The van der Waals surface area contributed by atoms with Crippen molar-refractivity contribution in [2.45, 2.75) is 26.2 Å². The lowest BCUT2D eigenvalue weighted by Gasteiger charge is -2.26. The molecule has 0 saturated heterocycles. The monoisotopic (exact) mass is 224 g/mol. The van der Waals surface area contributed by atoms with E-state index in [9.17, 15) is 0 Å². The fraction of sp³-hybridized carbons (Fsp3) is 0.455. The molecule has 0 atom stereocenters. The second-order valence-electron chi connectivity index (χ2n) is 4.60. The van der Waals surface area contributed by atoms with Gasteiger partial charge in [-0.25, -0.2) is 0 Å². The highest BCUT2D eigenvalue weighted by molar-refractivity contribution is 7.37. The van der Waals surface area contributed by atoms with Crippen LogP contribution in [0.5, 0.6) is 5.75 Å². The van der Waals surface area contributed by atoms with E-state index in [1.54, 1.807) is 12.3 Å². The third kappa shape index (κ3) is 2.28. The molecule has 1 aromatic rings. The molecule has 0 N–H and O–H groups in total. The number of benzene rings is 1. The van der Waals surface area contributed by atoms with Crippen LogP contribution >= 0.6 is 0 Å². The minimum absolute atomic E-state index is 0.533. The summed E-state index contributed by atoms with van der Waals surface area (Å²) in [5.41, 5.74) is 0. The Kier molecular flexibility index (Phi) is 3.55. The van der Waals surface area contributed by atoms with Crippen LogP contribution in [0.2, 0.25) is 26.2 Å². The van der Waals surface area contributed by atoms with Crippen LogP contribution in [0.4, 0.5) is 0 Å². The van der Waals surface area contributed by atoms with Gasteiger partial charge in [-0.3, -0.25) is 0 Å². The minimum atomic E-state index is -1.11. The van der Waals surface area contributed by atoms with E-state index in [1.165, 1.54) is 0 Å². The summed E-state index contributed by atoms with van der Waals surface area (Å²) in [5, 5.41) is 1.57. The highest BCUT2D eigenvalue weighted by Crippen LogP contribution is 2.12. The lowest BCUT2D eigenvalue weighted by Crippen LogP contribution is -2.52. The second kappa shape index (κ2) is 4.32. The first-order valence-corrected chi connectivity index (χ1v) is 12.2. The largest absolute Gasteiger partial charge is 0.497 e. The summed E-state index contributed by atoms with van der Waals surface area (Å²) >= 11 is 0. The molecule has 0 spiro atoms. The summed E-state index contributed by atoms with van der Waals surface area (Å²) in [4.78, 5) is 0. The van der Waals surface area contributed by atoms with E-state index >= 15 is 0 Å². The van der Waals surface area contributed by atoms with Crippen LogP contribution in [0.1, 0.15) is 0 Å². The van der Waals surface area contributed by atoms with E-state index in [2.05, 4.69) is 50.5 Å². The second-order valence-corrected chi connectivity index (χ2v) is 18.7. The van der Waals surface area contributed by atoms with Crippen LogP contribution in [-0.4, -0.2) is 23.0 Å². The van der Waals surface area contributed by atoms with E-state index in [0.29, 0.717) is 0 Å². The maximum absolute atomic E-state index is 5.17. The molecule has 0 amide bonds. The van der Waals surface area contributed by atoms with E-state index in [0.717, 1.165) is 5.75 Å². The highest BCUT2D eigenvalue weighted by atomic mass is 29.2. The summed E-state index contributed by atoms with van der Waals surface area (Å²) in [6.07, 6.45) is 0. The van der Waals surface area contributed by atoms with Crippen molar-refractivity contribution >= 4 is 21.1 Å². The van der Waals surface area contributed by atoms with Gasteiger partial charge < -0.3 is 4.74 Å². The fourth-order valence-electron chi connectivity index (χ4n) is 1.35. The maximum Gasteiger partial charge on any atom is 0.118 e. The molecule has 0 fully saturated rings. The number of hydrogen-bond acceptors (Lipinski definition) is 1. The molecule has 0 aliphatic heterocycles. The SMILES string of the molecule is COc1ccc([Si](C)(C)[SiH](C)C)cc1. The molecular weight excluding hydrogens is 204 g/mol. The molecule has 0 aromatic heterocycles. The zero-order valence-electron chi connectivity index (χ0n) is 9.79. The Bertz CT molecular complexity index is 291. The van der Waals surface area contributed by atoms with E-state index < -0.39 is 15.9 Å². The van der Waals surface area contributed by atoms with Crippen LogP contribution < -0.4 is 9.92 Å². The average Bonchev–Trinajstić information content (AvgIpc) is 2.17. The Hall–Kier alpha value is -0.546. The van der Waals surface area contributed by atoms with Crippen molar-refractivity contribution in [1.29, 1.82) is 0 Å². The van der Waals surface area contributed by atoms with Crippen molar-refractivity contribution in [3.8, 4) is 5.75 Å². The Morgan fingerprint density at radius 1 is 1.07 bits per heavy atom. The van der Waals surface area contributed by atoms with Gasteiger partial charge in [0.15, 0.2) is 0 Å². The summed E-state index contributed by atoms with van der Waals surface area (Å²) in [7, 11) is 0.0751. The Morgan fingerprint density at radius 3 is 1.93 bits per heavy atom. The van der Waals surface area contributed by atoms with Crippen LogP contribution in [0, 0.1) is 0 Å². The van der Waals surface area contributed by atoms with E-state index in [-0.39, 0.29) is 0 Å². The van der Waals surface area contributed by atoms with Gasteiger partial charge in [-0.2, -0.15) is 0 Å². The first-order chi connectivity index (χ1) is 6.48.